The van der Waals surface area contributed by atoms with E-state index in [1.807, 2.05) is 35.2 Å². The van der Waals surface area contributed by atoms with Gasteiger partial charge in [0.25, 0.3) is 5.91 Å². The molecule has 0 saturated carbocycles. The number of furan rings is 1. The Balaban J connectivity index is 1.56. The molecule has 2 atom stereocenters. The minimum atomic E-state index is -0.540. The van der Waals surface area contributed by atoms with Crippen LogP contribution < -0.4 is 0 Å². The zero-order valence-corrected chi connectivity index (χ0v) is 14.2. The molecule has 1 saturated heterocycles. The second kappa shape index (κ2) is 7.42. The Kier molecular flexibility index (Phi) is 4.85. The molecule has 0 aliphatic carbocycles. The highest BCUT2D eigenvalue weighted by Gasteiger charge is 2.33. The summed E-state index contributed by atoms with van der Waals surface area (Å²) in [5, 5.41) is 0. The lowest BCUT2D eigenvalue weighted by Crippen LogP contribution is -2.41. The lowest BCUT2D eigenvalue weighted by atomic mass is 9.96. The van der Waals surface area contributed by atoms with Gasteiger partial charge in [0.15, 0.2) is 6.10 Å². The van der Waals surface area contributed by atoms with Crippen molar-refractivity contribution in [1.29, 1.82) is 0 Å². The van der Waals surface area contributed by atoms with Gasteiger partial charge in [-0.15, -0.1) is 0 Å². The molecule has 1 aromatic heterocycles. The highest BCUT2D eigenvalue weighted by molar-refractivity contribution is 5.83. The summed E-state index contributed by atoms with van der Waals surface area (Å²) >= 11 is 0. The van der Waals surface area contributed by atoms with Crippen molar-refractivity contribution in [2.24, 2.45) is 0 Å². The normalized spacial score (nSPS) is 22.6. The smallest absolute Gasteiger partial charge is 0.256 e. The van der Waals surface area contributed by atoms with Crippen LogP contribution in [0.5, 0.6) is 0 Å². The predicted octanol–water partition coefficient (Wildman–Crippen LogP) is 3.10. The fourth-order valence-corrected chi connectivity index (χ4v) is 3.62. The first-order chi connectivity index (χ1) is 12.3. The van der Waals surface area contributed by atoms with Crippen molar-refractivity contribution >= 4 is 5.91 Å². The lowest BCUT2D eigenvalue weighted by molar-refractivity contribution is -0.147. The molecule has 3 heterocycles. The number of carbonyl (C=O) groups excluding carboxylic acids is 1. The van der Waals surface area contributed by atoms with E-state index in [2.05, 4.69) is 6.07 Å². The molecule has 4 rings (SSSR count). The fraction of sp³-hybridized carbons (Fsp3) is 0.450. The average Bonchev–Trinajstić information content (AvgIpc) is 3.34. The summed E-state index contributed by atoms with van der Waals surface area (Å²) in [6.45, 7) is 2.35. The summed E-state index contributed by atoms with van der Waals surface area (Å²) in [7, 11) is 0. The van der Waals surface area contributed by atoms with Crippen molar-refractivity contribution in [3.8, 4) is 0 Å². The first kappa shape index (κ1) is 16.4. The standard InChI is InChI=1S/C20H23NO4/c22-20(19-18-8-2-1-5-15(18)9-12-25-19)21(13-16-6-3-10-23-16)14-17-7-4-11-24-17/h1-3,5-6,8,10,17,19H,4,7,9,11-14H2/t17-,19+/m0/s1. The second-order valence-corrected chi connectivity index (χ2v) is 6.63. The molecular weight excluding hydrogens is 318 g/mol. The van der Waals surface area contributed by atoms with Crippen molar-refractivity contribution in [1.82, 2.24) is 4.90 Å². The number of amides is 1. The van der Waals surface area contributed by atoms with Crippen LogP contribution in [0, 0.1) is 0 Å². The molecule has 2 aliphatic heterocycles. The minimum absolute atomic E-state index is 0.0148. The van der Waals surface area contributed by atoms with Gasteiger partial charge in [-0.3, -0.25) is 4.79 Å². The molecule has 0 radical (unpaired) electrons. The molecule has 0 spiro atoms. The Morgan fingerprint density at radius 2 is 2.04 bits per heavy atom. The average molecular weight is 341 g/mol. The van der Waals surface area contributed by atoms with E-state index in [1.165, 1.54) is 5.56 Å². The van der Waals surface area contributed by atoms with Gasteiger partial charge in [0.2, 0.25) is 0 Å². The molecule has 25 heavy (non-hydrogen) atoms. The van der Waals surface area contributed by atoms with Gasteiger partial charge in [-0.25, -0.2) is 0 Å². The Morgan fingerprint density at radius 1 is 1.12 bits per heavy atom. The molecule has 1 fully saturated rings. The van der Waals surface area contributed by atoms with Crippen molar-refractivity contribution in [3.05, 3.63) is 59.5 Å². The number of hydrogen-bond donors (Lipinski definition) is 0. The molecule has 0 N–H and O–H groups in total. The van der Waals surface area contributed by atoms with Crippen LogP contribution in [0.25, 0.3) is 0 Å². The Bertz CT molecular complexity index is 706. The molecule has 1 aromatic carbocycles. The quantitative estimate of drug-likeness (QED) is 0.838. The van der Waals surface area contributed by atoms with Crippen molar-refractivity contribution in [2.75, 3.05) is 19.8 Å². The first-order valence-corrected chi connectivity index (χ1v) is 8.93. The molecule has 0 bridgehead atoms. The summed E-state index contributed by atoms with van der Waals surface area (Å²) in [6.07, 6.45) is 4.08. The van der Waals surface area contributed by atoms with Gasteiger partial charge < -0.3 is 18.8 Å². The number of rotatable bonds is 5. The topological polar surface area (TPSA) is 51.9 Å². The zero-order valence-electron chi connectivity index (χ0n) is 14.2. The number of hydrogen-bond acceptors (Lipinski definition) is 4. The van der Waals surface area contributed by atoms with Crippen LogP contribution in [0.1, 0.15) is 35.8 Å². The predicted molar refractivity (Wildman–Crippen MR) is 91.9 cm³/mol. The highest BCUT2D eigenvalue weighted by atomic mass is 16.5. The van der Waals surface area contributed by atoms with E-state index in [4.69, 9.17) is 13.9 Å². The van der Waals surface area contributed by atoms with Gasteiger partial charge >= 0.3 is 0 Å². The van der Waals surface area contributed by atoms with Crippen molar-refractivity contribution < 1.29 is 18.7 Å². The van der Waals surface area contributed by atoms with Crippen LogP contribution in [-0.2, 0) is 27.2 Å². The third-order valence-corrected chi connectivity index (χ3v) is 4.90. The third-order valence-electron chi connectivity index (χ3n) is 4.90. The van der Waals surface area contributed by atoms with E-state index in [1.54, 1.807) is 6.26 Å². The van der Waals surface area contributed by atoms with Crippen LogP contribution in [0.2, 0.25) is 0 Å². The van der Waals surface area contributed by atoms with Crippen LogP contribution in [0.4, 0.5) is 0 Å². The van der Waals surface area contributed by atoms with Crippen molar-refractivity contribution in [3.63, 3.8) is 0 Å². The van der Waals surface area contributed by atoms with E-state index < -0.39 is 6.10 Å². The summed E-state index contributed by atoms with van der Waals surface area (Å²) in [5.41, 5.74) is 2.18. The maximum absolute atomic E-state index is 13.3. The first-order valence-electron chi connectivity index (χ1n) is 8.93. The van der Waals surface area contributed by atoms with Crippen LogP contribution in [-0.4, -0.2) is 36.7 Å². The van der Waals surface area contributed by atoms with Crippen LogP contribution >= 0.6 is 0 Å². The monoisotopic (exact) mass is 341 g/mol. The Morgan fingerprint density at radius 3 is 2.84 bits per heavy atom. The van der Waals surface area contributed by atoms with Gasteiger partial charge in [-0.2, -0.15) is 0 Å². The number of nitrogens with zero attached hydrogens (tertiary/aromatic N) is 1. The number of ether oxygens (including phenoxy) is 2. The van der Waals surface area contributed by atoms with E-state index in [0.29, 0.717) is 19.7 Å². The lowest BCUT2D eigenvalue weighted by Gasteiger charge is -2.31. The summed E-state index contributed by atoms with van der Waals surface area (Å²) < 4.78 is 17.1. The Hall–Kier alpha value is -2.11. The SMILES string of the molecule is O=C([C@@H]1OCCc2ccccc21)N(Cc1ccco1)C[C@@H]1CCCO1. The second-order valence-electron chi connectivity index (χ2n) is 6.63. The fourth-order valence-electron chi connectivity index (χ4n) is 3.62. The van der Waals surface area contributed by atoms with Crippen LogP contribution in [0.3, 0.4) is 0 Å². The Labute approximate surface area is 147 Å². The molecule has 0 unspecified atom stereocenters. The van der Waals surface area contributed by atoms with E-state index in [-0.39, 0.29) is 12.0 Å². The molecule has 5 heteroatoms. The maximum atomic E-state index is 13.3. The molecule has 1 amide bonds. The van der Waals surface area contributed by atoms with Gasteiger partial charge in [0.05, 0.1) is 25.5 Å². The zero-order chi connectivity index (χ0) is 17.1. The number of benzene rings is 1. The van der Waals surface area contributed by atoms with E-state index >= 15 is 0 Å². The van der Waals surface area contributed by atoms with Gasteiger partial charge in [-0.05, 0) is 42.5 Å². The molecule has 132 valence electrons. The number of fused-ring (bicyclic) bond motifs is 1. The molecular formula is C20H23NO4. The molecule has 2 aliphatic rings. The van der Waals surface area contributed by atoms with Gasteiger partial charge in [-0.1, -0.05) is 24.3 Å². The summed E-state index contributed by atoms with van der Waals surface area (Å²) in [5.74, 6) is 0.759. The van der Waals surface area contributed by atoms with E-state index in [0.717, 1.165) is 37.2 Å². The minimum Gasteiger partial charge on any atom is -0.467 e. The molecule has 5 nitrogen and oxygen atoms in total. The number of carbonyl (C=O) groups is 1. The van der Waals surface area contributed by atoms with Gasteiger partial charge in [0.1, 0.15) is 5.76 Å². The summed E-state index contributed by atoms with van der Waals surface area (Å²) in [6, 6.07) is 11.8. The molecule has 2 aromatic rings. The highest BCUT2D eigenvalue weighted by Crippen LogP contribution is 2.29. The van der Waals surface area contributed by atoms with Crippen molar-refractivity contribution in [2.45, 2.75) is 38.0 Å². The van der Waals surface area contributed by atoms with Crippen LogP contribution in [0.15, 0.2) is 47.1 Å². The third kappa shape index (κ3) is 3.62. The maximum Gasteiger partial charge on any atom is 0.256 e. The largest absolute Gasteiger partial charge is 0.467 e. The van der Waals surface area contributed by atoms with Gasteiger partial charge in [0, 0.05) is 13.2 Å². The summed E-state index contributed by atoms with van der Waals surface area (Å²) in [4.78, 5) is 15.1. The van der Waals surface area contributed by atoms with E-state index in [9.17, 15) is 4.79 Å².